The molecule has 1 fully saturated rings. The zero-order valence-corrected chi connectivity index (χ0v) is 10.8. The number of thioether (sulfide) groups is 1. The summed E-state index contributed by atoms with van der Waals surface area (Å²) in [5.74, 6) is 1.49. The predicted octanol–water partition coefficient (Wildman–Crippen LogP) is 1.21. The number of carboxylic acid groups (broad SMARTS) is 1. The molecule has 0 aromatic rings. The molecule has 1 aliphatic rings. The standard InChI is InChI=1S/C11H21NO3S/c1-9(8-15-2)7-12-11(10(13)14)3-5-16-6-4-11/h9,12H,3-8H2,1-2H3,(H,13,14). The van der Waals surface area contributed by atoms with Gasteiger partial charge in [-0.05, 0) is 30.3 Å². The number of hydrogen-bond acceptors (Lipinski definition) is 4. The van der Waals surface area contributed by atoms with Crippen molar-refractivity contribution in [1.82, 2.24) is 5.32 Å². The quantitative estimate of drug-likeness (QED) is 0.739. The van der Waals surface area contributed by atoms with Gasteiger partial charge in [-0.25, -0.2) is 0 Å². The molecule has 0 aromatic heterocycles. The number of hydrogen-bond donors (Lipinski definition) is 2. The van der Waals surface area contributed by atoms with E-state index < -0.39 is 11.5 Å². The van der Waals surface area contributed by atoms with E-state index in [4.69, 9.17) is 4.74 Å². The SMILES string of the molecule is COCC(C)CNC1(C(=O)O)CCSCC1. The third-order valence-corrected chi connectivity index (χ3v) is 3.98. The van der Waals surface area contributed by atoms with E-state index in [0.717, 1.165) is 11.5 Å². The van der Waals surface area contributed by atoms with Crippen molar-refractivity contribution in [3.8, 4) is 0 Å². The Hall–Kier alpha value is -0.260. The summed E-state index contributed by atoms with van der Waals surface area (Å²) in [6.45, 7) is 3.42. The maximum absolute atomic E-state index is 11.3. The van der Waals surface area contributed by atoms with E-state index in [-0.39, 0.29) is 0 Å². The fraction of sp³-hybridized carbons (Fsp3) is 0.909. The van der Waals surface area contributed by atoms with Gasteiger partial charge in [-0.2, -0.15) is 11.8 Å². The maximum Gasteiger partial charge on any atom is 0.323 e. The van der Waals surface area contributed by atoms with Crippen LogP contribution in [0.25, 0.3) is 0 Å². The van der Waals surface area contributed by atoms with Gasteiger partial charge in [0.1, 0.15) is 5.54 Å². The van der Waals surface area contributed by atoms with E-state index >= 15 is 0 Å². The van der Waals surface area contributed by atoms with Crippen LogP contribution in [0.1, 0.15) is 19.8 Å². The molecule has 0 spiro atoms. The Labute approximate surface area is 101 Å². The Balaban J connectivity index is 2.47. The first kappa shape index (κ1) is 13.8. The number of carboxylic acids is 1. The second-order valence-electron chi connectivity index (χ2n) is 4.44. The summed E-state index contributed by atoms with van der Waals surface area (Å²) in [7, 11) is 1.67. The highest BCUT2D eigenvalue weighted by Crippen LogP contribution is 2.27. The summed E-state index contributed by atoms with van der Waals surface area (Å²) in [5.41, 5.74) is -0.701. The van der Waals surface area contributed by atoms with Gasteiger partial charge in [0.2, 0.25) is 0 Å². The zero-order valence-electron chi connectivity index (χ0n) is 9.99. The maximum atomic E-state index is 11.3. The first-order valence-corrected chi connectivity index (χ1v) is 6.81. The summed E-state index contributed by atoms with van der Waals surface area (Å²) in [5, 5.41) is 12.6. The number of carbonyl (C=O) groups is 1. The molecule has 5 heteroatoms. The second kappa shape index (κ2) is 6.47. The van der Waals surface area contributed by atoms with Crippen molar-refractivity contribution in [2.45, 2.75) is 25.3 Å². The van der Waals surface area contributed by atoms with E-state index in [1.165, 1.54) is 0 Å². The molecule has 4 nitrogen and oxygen atoms in total. The Morgan fingerprint density at radius 1 is 1.56 bits per heavy atom. The molecule has 16 heavy (non-hydrogen) atoms. The van der Waals surface area contributed by atoms with Crippen LogP contribution in [-0.2, 0) is 9.53 Å². The van der Waals surface area contributed by atoms with E-state index in [9.17, 15) is 9.90 Å². The minimum Gasteiger partial charge on any atom is -0.480 e. The molecular weight excluding hydrogens is 226 g/mol. The van der Waals surface area contributed by atoms with Gasteiger partial charge < -0.3 is 15.2 Å². The molecule has 0 radical (unpaired) electrons. The molecule has 0 bridgehead atoms. The number of aliphatic carboxylic acids is 1. The molecule has 1 unspecified atom stereocenters. The number of methoxy groups -OCH3 is 1. The smallest absolute Gasteiger partial charge is 0.323 e. The van der Waals surface area contributed by atoms with Crippen molar-refractivity contribution in [3.63, 3.8) is 0 Å². The highest BCUT2D eigenvalue weighted by molar-refractivity contribution is 7.99. The molecule has 0 amide bonds. The van der Waals surface area contributed by atoms with E-state index in [1.54, 1.807) is 7.11 Å². The van der Waals surface area contributed by atoms with Crippen molar-refractivity contribution < 1.29 is 14.6 Å². The fourth-order valence-electron chi connectivity index (χ4n) is 1.90. The minimum atomic E-state index is -0.711. The first-order valence-electron chi connectivity index (χ1n) is 5.66. The van der Waals surface area contributed by atoms with Gasteiger partial charge in [0.25, 0.3) is 0 Å². The molecule has 1 saturated heterocycles. The van der Waals surface area contributed by atoms with Crippen molar-refractivity contribution in [3.05, 3.63) is 0 Å². The van der Waals surface area contributed by atoms with Crippen molar-refractivity contribution in [2.24, 2.45) is 5.92 Å². The number of ether oxygens (including phenoxy) is 1. The average Bonchev–Trinajstić information content (AvgIpc) is 2.28. The topological polar surface area (TPSA) is 58.6 Å². The normalized spacial score (nSPS) is 21.6. The van der Waals surface area contributed by atoms with Crippen LogP contribution >= 0.6 is 11.8 Å². The second-order valence-corrected chi connectivity index (χ2v) is 5.67. The molecule has 1 aliphatic heterocycles. The zero-order chi connectivity index (χ0) is 12.0. The van der Waals surface area contributed by atoms with Crippen LogP contribution in [0.2, 0.25) is 0 Å². The van der Waals surface area contributed by atoms with Gasteiger partial charge in [0.05, 0.1) is 0 Å². The molecule has 2 N–H and O–H groups in total. The van der Waals surface area contributed by atoms with Gasteiger partial charge in [-0.15, -0.1) is 0 Å². The summed E-state index contributed by atoms with van der Waals surface area (Å²) < 4.78 is 5.05. The Morgan fingerprint density at radius 3 is 2.69 bits per heavy atom. The van der Waals surface area contributed by atoms with Gasteiger partial charge in [0.15, 0.2) is 0 Å². The third-order valence-electron chi connectivity index (χ3n) is 3.00. The molecule has 1 atom stereocenters. The van der Waals surface area contributed by atoms with Crippen LogP contribution in [0.5, 0.6) is 0 Å². The first-order chi connectivity index (χ1) is 7.60. The summed E-state index contributed by atoms with van der Waals surface area (Å²) in [6.07, 6.45) is 1.43. The number of rotatable bonds is 6. The van der Waals surface area contributed by atoms with Crippen LogP contribution in [0.15, 0.2) is 0 Å². The van der Waals surface area contributed by atoms with Crippen LogP contribution in [0.4, 0.5) is 0 Å². The molecule has 0 saturated carbocycles. The summed E-state index contributed by atoms with van der Waals surface area (Å²) in [4.78, 5) is 11.3. The Bertz CT molecular complexity index is 229. The van der Waals surface area contributed by atoms with Gasteiger partial charge in [-0.1, -0.05) is 6.92 Å². The van der Waals surface area contributed by atoms with Crippen LogP contribution in [-0.4, -0.2) is 48.4 Å². The Morgan fingerprint density at radius 2 is 2.19 bits per heavy atom. The van der Waals surface area contributed by atoms with Gasteiger partial charge in [-0.3, -0.25) is 4.79 Å². The third kappa shape index (κ3) is 3.64. The minimum absolute atomic E-state index is 0.343. The van der Waals surface area contributed by atoms with E-state index in [1.807, 2.05) is 11.8 Å². The highest BCUT2D eigenvalue weighted by Gasteiger charge is 2.39. The lowest BCUT2D eigenvalue weighted by Gasteiger charge is -2.34. The van der Waals surface area contributed by atoms with E-state index in [2.05, 4.69) is 12.2 Å². The summed E-state index contributed by atoms with van der Waals surface area (Å²) in [6, 6.07) is 0. The number of nitrogens with one attached hydrogen (secondary N) is 1. The van der Waals surface area contributed by atoms with Crippen LogP contribution in [0, 0.1) is 5.92 Å². The lowest BCUT2D eigenvalue weighted by Crippen LogP contribution is -2.55. The fourth-order valence-corrected chi connectivity index (χ4v) is 3.09. The molecule has 0 aromatic carbocycles. The lowest BCUT2D eigenvalue weighted by molar-refractivity contribution is -0.145. The predicted molar refractivity (Wildman–Crippen MR) is 66.0 cm³/mol. The molecule has 0 aliphatic carbocycles. The Kier molecular flexibility index (Phi) is 5.58. The molecule has 94 valence electrons. The van der Waals surface area contributed by atoms with Crippen LogP contribution < -0.4 is 5.32 Å². The van der Waals surface area contributed by atoms with Gasteiger partial charge >= 0.3 is 5.97 Å². The van der Waals surface area contributed by atoms with Crippen molar-refractivity contribution in [1.29, 1.82) is 0 Å². The van der Waals surface area contributed by atoms with E-state index in [0.29, 0.717) is 31.9 Å². The molecule has 1 rings (SSSR count). The summed E-state index contributed by atoms with van der Waals surface area (Å²) >= 11 is 1.83. The van der Waals surface area contributed by atoms with Crippen molar-refractivity contribution >= 4 is 17.7 Å². The lowest BCUT2D eigenvalue weighted by atomic mass is 9.91. The average molecular weight is 247 g/mol. The highest BCUT2D eigenvalue weighted by atomic mass is 32.2. The molecular formula is C11H21NO3S. The van der Waals surface area contributed by atoms with Crippen LogP contribution in [0.3, 0.4) is 0 Å². The van der Waals surface area contributed by atoms with Crippen molar-refractivity contribution in [2.75, 3.05) is 31.8 Å². The van der Waals surface area contributed by atoms with Gasteiger partial charge in [0, 0.05) is 20.3 Å². The largest absolute Gasteiger partial charge is 0.480 e. The molecule has 1 heterocycles. The monoisotopic (exact) mass is 247 g/mol.